The smallest absolute Gasteiger partial charge is 0.235 e. The first-order chi connectivity index (χ1) is 14.4. The minimum absolute atomic E-state index is 0.103. The Morgan fingerprint density at radius 3 is 2.03 bits per heavy atom. The van der Waals surface area contributed by atoms with Crippen molar-refractivity contribution in [1.29, 1.82) is 0 Å². The number of hydrogen-bond donors (Lipinski definition) is 2. The third kappa shape index (κ3) is 3.91. The molecule has 1 aliphatic heterocycles. The van der Waals surface area contributed by atoms with Crippen molar-refractivity contribution in [2.24, 2.45) is 5.92 Å². The number of aryl methyl sites for hydroxylation is 1. The Balaban J connectivity index is 1.57. The second kappa shape index (κ2) is 8.24. The predicted octanol–water partition coefficient (Wildman–Crippen LogP) is 4.37. The first kappa shape index (κ1) is 20.0. The van der Waals surface area contributed by atoms with E-state index in [4.69, 9.17) is 0 Å². The lowest BCUT2D eigenvalue weighted by molar-refractivity contribution is -0.136. The molecular formula is C24H21F2NO3. The van der Waals surface area contributed by atoms with Crippen LogP contribution in [-0.2, 0) is 11.2 Å². The van der Waals surface area contributed by atoms with Crippen molar-refractivity contribution in [3.8, 4) is 5.75 Å². The summed E-state index contributed by atoms with van der Waals surface area (Å²) in [7, 11) is 0. The Morgan fingerprint density at radius 1 is 0.867 bits per heavy atom. The lowest BCUT2D eigenvalue weighted by Crippen LogP contribution is -2.59. The van der Waals surface area contributed by atoms with E-state index in [1.165, 1.54) is 53.4 Å². The van der Waals surface area contributed by atoms with Gasteiger partial charge < -0.3 is 15.1 Å². The fourth-order valence-electron chi connectivity index (χ4n) is 3.95. The third-order valence-corrected chi connectivity index (χ3v) is 5.54. The highest BCUT2D eigenvalue weighted by molar-refractivity contribution is 6.03. The van der Waals surface area contributed by atoms with E-state index >= 15 is 0 Å². The van der Waals surface area contributed by atoms with Crippen LogP contribution in [0.15, 0.2) is 72.8 Å². The zero-order valence-corrected chi connectivity index (χ0v) is 16.1. The van der Waals surface area contributed by atoms with Crippen LogP contribution in [0.1, 0.15) is 23.6 Å². The number of carbonyl (C=O) groups excluding carboxylic acids is 1. The summed E-state index contributed by atoms with van der Waals surface area (Å²) in [4.78, 5) is 14.5. The van der Waals surface area contributed by atoms with Crippen LogP contribution in [0.4, 0.5) is 14.5 Å². The molecule has 1 heterocycles. The second-order valence-electron chi connectivity index (χ2n) is 7.48. The predicted molar refractivity (Wildman–Crippen MR) is 109 cm³/mol. The number of phenols is 1. The summed E-state index contributed by atoms with van der Waals surface area (Å²) >= 11 is 0. The number of aliphatic hydroxyl groups is 1. The van der Waals surface area contributed by atoms with Gasteiger partial charge in [0.15, 0.2) is 0 Å². The highest BCUT2D eigenvalue weighted by Gasteiger charge is 2.52. The first-order valence-electron chi connectivity index (χ1n) is 9.74. The Kier molecular flexibility index (Phi) is 5.50. The normalized spacial score (nSPS) is 19.4. The van der Waals surface area contributed by atoms with Gasteiger partial charge in [0.05, 0.1) is 18.1 Å². The topological polar surface area (TPSA) is 60.8 Å². The maximum atomic E-state index is 13.3. The lowest BCUT2D eigenvalue weighted by atomic mass is 9.76. The van der Waals surface area contributed by atoms with Gasteiger partial charge >= 0.3 is 0 Å². The van der Waals surface area contributed by atoms with Crippen molar-refractivity contribution in [3.63, 3.8) is 0 Å². The molecule has 1 amide bonds. The minimum Gasteiger partial charge on any atom is -0.508 e. The van der Waals surface area contributed by atoms with Crippen molar-refractivity contribution < 1.29 is 23.8 Å². The highest BCUT2D eigenvalue weighted by atomic mass is 19.1. The minimum atomic E-state index is -0.905. The van der Waals surface area contributed by atoms with E-state index in [1.54, 1.807) is 24.3 Å². The van der Waals surface area contributed by atoms with Crippen LogP contribution >= 0.6 is 0 Å². The van der Waals surface area contributed by atoms with Gasteiger partial charge in [0.1, 0.15) is 17.4 Å². The van der Waals surface area contributed by atoms with Crippen molar-refractivity contribution in [2.45, 2.75) is 25.0 Å². The highest BCUT2D eigenvalue weighted by Crippen LogP contribution is 2.46. The fraction of sp³-hybridized carbons (Fsp3) is 0.208. The van der Waals surface area contributed by atoms with Crippen LogP contribution < -0.4 is 4.90 Å². The lowest BCUT2D eigenvalue weighted by Gasteiger charge is -2.49. The van der Waals surface area contributed by atoms with Gasteiger partial charge in [-0.15, -0.1) is 0 Å². The van der Waals surface area contributed by atoms with Crippen LogP contribution in [0.5, 0.6) is 5.75 Å². The molecule has 3 atom stereocenters. The average Bonchev–Trinajstić information content (AvgIpc) is 2.74. The fourth-order valence-corrected chi connectivity index (χ4v) is 3.95. The molecule has 154 valence electrons. The molecule has 3 unspecified atom stereocenters. The molecule has 0 spiro atoms. The summed E-state index contributed by atoms with van der Waals surface area (Å²) in [6.07, 6.45) is -0.0594. The molecule has 0 aromatic heterocycles. The molecule has 1 aliphatic rings. The van der Waals surface area contributed by atoms with E-state index in [0.717, 1.165) is 11.1 Å². The molecule has 3 aromatic carbocycles. The number of halogens is 2. The SMILES string of the molecule is O=C1C(C(O)CCc2ccc(F)cc2)C(c2ccc(O)cc2)N1c1ccc(F)cc1. The molecule has 1 saturated heterocycles. The third-order valence-electron chi connectivity index (χ3n) is 5.54. The Labute approximate surface area is 173 Å². The van der Waals surface area contributed by atoms with Gasteiger partial charge in [-0.3, -0.25) is 4.79 Å². The quantitative estimate of drug-likeness (QED) is 0.595. The number of nitrogens with zero attached hydrogens (tertiary/aromatic N) is 1. The molecule has 2 N–H and O–H groups in total. The van der Waals surface area contributed by atoms with Gasteiger partial charge in [0.25, 0.3) is 0 Å². The Bertz CT molecular complexity index is 1020. The van der Waals surface area contributed by atoms with E-state index in [2.05, 4.69) is 0 Å². The maximum Gasteiger partial charge on any atom is 0.235 e. The number of benzene rings is 3. The summed E-state index contributed by atoms with van der Waals surface area (Å²) in [6, 6.07) is 17.7. The van der Waals surface area contributed by atoms with Gasteiger partial charge in [-0.1, -0.05) is 24.3 Å². The number of aliphatic hydroxyl groups excluding tert-OH is 1. The number of phenolic OH excluding ortho intramolecular Hbond substituents is 1. The summed E-state index contributed by atoms with van der Waals surface area (Å²) in [5, 5.41) is 20.4. The van der Waals surface area contributed by atoms with E-state index in [-0.39, 0.29) is 17.5 Å². The molecule has 3 aromatic rings. The number of rotatable bonds is 6. The number of β-lactam (4-membered cyclic amide) rings is 1. The maximum absolute atomic E-state index is 13.3. The van der Waals surface area contributed by atoms with Gasteiger partial charge in [0.2, 0.25) is 5.91 Å². The van der Waals surface area contributed by atoms with Crippen LogP contribution in [0.3, 0.4) is 0 Å². The average molecular weight is 409 g/mol. The van der Waals surface area contributed by atoms with Crippen molar-refractivity contribution in [1.82, 2.24) is 0 Å². The van der Waals surface area contributed by atoms with Crippen LogP contribution in [-0.4, -0.2) is 22.2 Å². The Morgan fingerprint density at radius 2 is 1.43 bits per heavy atom. The second-order valence-corrected chi connectivity index (χ2v) is 7.48. The Hall–Kier alpha value is -3.25. The molecule has 6 heteroatoms. The number of carbonyl (C=O) groups is 1. The van der Waals surface area contributed by atoms with Gasteiger partial charge in [0, 0.05) is 5.69 Å². The van der Waals surface area contributed by atoms with Crippen LogP contribution in [0, 0.1) is 17.6 Å². The number of anilines is 1. The van der Waals surface area contributed by atoms with E-state index in [0.29, 0.717) is 18.5 Å². The molecule has 0 radical (unpaired) electrons. The number of amides is 1. The van der Waals surface area contributed by atoms with Crippen LogP contribution in [0.25, 0.3) is 0 Å². The van der Waals surface area contributed by atoms with Gasteiger partial charge in [-0.2, -0.15) is 0 Å². The molecular weight excluding hydrogens is 388 g/mol. The standard InChI is InChI=1S/C24H21F2NO3/c25-17-6-1-15(2-7-17)3-14-21(29)22-23(16-4-12-20(28)13-5-16)27(24(22)30)19-10-8-18(26)9-11-19/h1-2,4-13,21-23,28-29H,3,14H2. The largest absolute Gasteiger partial charge is 0.508 e. The monoisotopic (exact) mass is 409 g/mol. The zero-order chi connectivity index (χ0) is 21.3. The molecule has 0 bridgehead atoms. The molecule has 4 rings (SSSR count). The number of hydrogen-bond acceptors (Lipinski definition) is 3. The molecule has 0 saturated carbocycles. The van der Waals surface area contributed by atoms with Gasteiger partial charge in [-0.05, 0) is 72.5 Å². The summed E-state index contributed by atoms with van der Waals surface area (Å²) in [5.74, 6) is -1.53. The molecule has 30 heavy (non-hydrogen) atoms. The molecule has 4 nitrogen and oxygen atoms in total. The molecule has 0 aliphatic carbocycles. The number of aromatic hydroxyl groups is 1. The summed E-state index contributed by atoms with van der Waals surface area (Å²) in [6.45, 7) is 0. The van der Waals surface area contributed by atoms with E-state index in [1.807, 2.05) is 0 Å². The molecule has 1 fully saturated rings. The van der Waals surface area contributed by atoms with Crippen molar-refractivity contribution in [3.05, 3.63) is 95.6 Å². The zero-order valence-electron chi connectivity index (χ0n) is 16.1. The first-order valence-corrected chi connectivity index (χ1v) is 9.74. The van der Waals surface area contributed by atoms with Crippen molar-refractivity contribution in [2.75, 3.05) is 4.90 Å². The summed E-state index contributed by atoms with van der Waals surface area (Å²) in [5.41, 5.74) is 2.18. The van der Waals surface area contributed by atoms with Crippen molar-refractivity contribution >= 4 is 11.6 Å². The van der Waals surface area contributed by atoms with E-state index < -0.39 is 23.9 Å². The van der Waals surface area contributed by atoms with Crippen LogP contribution in [0.2, 0.25) is 0 Å². The van der Waals surface area contributed by atoms with E-state index in [9.17, 15) is 23.8 Å². The summed E-state index contributed by atoms with van der Waals surface area (Å²) < 4.78 is 26.4. The van der Waals surface area contributed by atoms with Gasteiger partial charge in [-0.25, -0.2) is 8.78 Å².